The van der Waals surface area contributed by atoms with Crippen LogP contribution in [0.25, 0.3) is 11.1 Å². The second-order valence-corrected chi connectivity index (χ2v) is 6.99. The van der Waals surface area contributed by atoms with Crippen molar-refractivity contribution in [1.82, 2.24) is 15.3 Å². The zero-order valence-electron chi connectivity index (χ0n) is 14.8. The third kappa shape index (κ3) is 4.33. The Balaban J connectivity index is 1.78. The van der Waals surface area contributed by atoms with Gasteiger partial charge in [-0.1, -0.05) is 18.2 Å². The summed E-state index contributed by atoms with van der Waals surface area (Å²) < 4.78 is 11.2. The van der Waals surface area contributed by atoms with Gasteiger partial charge >= 0.3 is 6.09 Å². The second kappa shape index (κ2) is 7.19. The molecule has 1 amide bonds. The van der Waals surface area contributed by atoms with Crippen LogP contribution in [0.15, 0.2) is 36.9 Å². The number of nitrogens with one attached hydrogen (secondary N) is 1. The number of benzene rings is 1. The fourth-order valence-electron chi connectivity index (χ4n) is 2.95. The van der Waals surface area contributed by atoms with Gasteiger partial charge in [0.15, 0.2) is 0 Å². The first-order valence-corrected chi connectivity index (χ1v) is 8.39. The van der Waals surface area contributed by atoms with Gasteiger partial charge in [0, 0.05) is 18.0 Å². The topological polar surface area (TPSA) is 73.3 Å². The summed E-state index contributed by atoms with van der Waals surface area (Å²) in [7, 11) is 0. The number of fused-ring (bicyclic) bond motifs is 1. The highest BCUT2D eigenvalue weighted by atomic mass is 16.6. The summed E-state index contributed by atoms with van der Waals surface area (Å²) >= 11 is 0. The maximum atomic E-state index is 11.9. The SMILES string of the molecule is CC(C)(C)OC(=O)NC[C@@H]1OCCc2c(-c3cncnc3)cccc21. The predicted octanol–water partition coefficient (Wildman–Crippen LogP) is 3.28. The van der Waals surface area contributed by atoms with Crippen LogP contribution in [0.4, 0.5) is 4.79 Å². The first-order chi connectivity index (χ1) is 11.9. The molecule has 0 bridgehead atoms. The number of alkyl carbamates (subject to hydrolysis) is 1. The molecule has 1 N–H and O–H groups in total. The molecule has 6 heteroatoms. The number of hydrogen-bond donors (Lipinski definition) is 1. The van der Waals surface area contributed by atoms with Crippen molar-refractivity contribution in [3.63, 3.8) is 0 Å². The smallest absolute Gasteiger partial charge is 0.407 e. The third-order valence-corrected chi connectivity index (χ3v) is 3.93. The molecule has 1 aliphatic rings. The Labute approximate surface area is 147 Å². The van der Waals surface area contributed by atoms with Gasteiger partial charge in [0.1, 0.15) is 18.0 Å². The van der Waals surface area contributed by atoms with Crippen LogP contribution in [0.5, 0.6) is 0 Å². The molecular formula is C19H23N3O3. The van der Waals surface area contributed by atoms with E-state index in [2.05, 4.69) is 21.4 Å². The van der Waals surface area contributed by atoms with E-state index in [1.165, 1.54) is 11.9 Å². The first kappa shape index (κ1) is 17.4. The molecule has 0 saturated carbocycles. The molecule has 0 unspecified atom stereocenters. The molecule has 1 aromatic carbocycles. The van der Waals surface area contributed by atoms with Crippen LogP contribution in [-0.4, -0.2) is 34.8 Å². The molecule has 1 atom stereocenters. The lowest BCUT2D eigenvalue weighted by molar-refractivity contribution is 0.0290. The fourth-order valence-corrected chi connectivity index (χ4v) is 2.95. The molecular weight excluding hydrogens is 318 g/mol. The number of amides is 1. The zero-order valence-corrected chi connectivity index (χ0v) is 14.8. The van der Waals surface area contributed by atoms with Crippen molar-refractivity contribution in [2.75, 3.05) is 13.2 Å². The molecule has 1 aliphatic heterocycles. The van der Waals surface area contributed by atoms with E-state index in [1.807, 2.05) is 45.3 Å². The number of hydrogen-bond acceptors (Lipinski definition) is 5. The lowest BCUT2D eigenvalue weighted by Gasteiger charge is -2.28. The van der Waals surface area contributed by atoms with Gasteiger partial charge in [0.05, 0.1) is 13.2 Å². The van der Waals surface area contributed by atoms with Crippen LogP contribution < -0.4 is 5.32 Å². The Hall–Kier alpha value is -2.47. The molecule has 0 aliphatic carbocycles. The largest absolute Gasteiger partial charge is 0.444 e. The normalized spacial score (nSPS) is 16.8. The molecule has 2 heterocycles. The summed E-state index contributed by atoms with van der Waals surface area (Å²) in [6.45, 7) is 6.50. The van der Waals surface area contributed by atoms with Crippen LogP contribution in [0, 0.1) is 0 Å². The zero-order chi connectivity index (χ0) is 17.9. The predicted molar refractivity (Wildman–Crippen MR) is 94.1 cm³/mol. The number of carbonyl (C=O) groups excluding carboxylic acids is 1. The van der Waals surface area contributed by atoms with Crippen molar-refractivity contribution in [2.45, 2.75) is 38.9 Å². The summed E-state index contributed by atoms with van der Waals surface area (Å²) in [5.41, 5.74) is 3.89. The van der Waals surface area contributed by atoms with E-state index in [0.717, 1.165) is 23.1 Å². The number of carbonyl (C=O) groups is 1. The molecule has 25 heavy (non-hydrogen) atoms. The highest BCUT2D eigenvalue weighted by Gasteiger charge is 2.25. The van der Waals surface area contributed by atoms with E-state index in [1.54, 1.807) is 0 Å². The van der Waals surface area contributed by atoms with Crippen molar-refractivity contribution in [3.05, 3.63) is 48.0 Å². The van der Waals surface area contributed by atoms with E-state index < -0.39 is 11.7 Å². The fraction of sp³-hybridized carbons (Fsp3) is 0.421. The van der Waals surface area contributed by atoms with Crippen LogP contribution in [0.3, 0.4) is 0 Å². The van der Waals surface area contributed by atoms with Gasteiger partial charge in [-0.25, -0.2) is 14.8 Å². The minimum absolute atomic E-state index is 0.194. The number of aromatic nitrogens is 2. The van der Waals surface area contributed by atoms with E-state index in [4.69, 9.17) is 9.47 Å². The molecule has 0 fully saturated rings. The quantitative estimate of drug-likeness (QED) is 0.927. The molecule has 0 saturated heterocycles. The lowest BCUT2D eigenvalue weighted by Crippen LogP contribution is -2.36. The van der Waals surface area contributed by atoms with Crippen molar-refractivity contribution in [3.8, 4) is 11.1 Å². The Morgan fingerprint density at radius 3 is 2.80 bits per heavy atom. The van der Waals surface area contributed by atoms with Crippen LogP contribution in [-0.2, 0) is 15.9 Å². The maximum absolute atomic E-state index is 11.9. The average molecular weight is 341 g/mol. The molecule has 2 aromatic rings. The third-order valence-electron chi connectivity index (χ3n) is 3.93. The van der Waals surface area contributed by atoms with Gasteiger partial charge in [0.2, 0.25) is 0 Å². The summed E-state index contributed by atoms with van der Waals surface area (Å²) in [5, 5.41) is 2.80. The van der Waals surface area contributed by atoms with E-state index in [0.29, 0.717) is 13.2 Å². The van der Waals surface area contributed by atoms with Crippen LogP contribution >= 0.6 is 0 Å². The highest BCUT2D eigenvalue weighted by molar-refractivity contribution is 5.69. The molecule has 3 rings (SSSR count). The second-order valence-electron chi connectivity index (χ2n) is 6.99. The van der Waals surface area contributed by atoms with Gasteiger partial charge < -0.3 is 14.8 Å². The molecule has 0 radical (unpaired) electrons. The van der Waals surface area contributed by atoms with Crippen LogP contribution in [0.1, 0.15) is 38.0 Å². The number of nitrogens with zero attached hydrogens (tertiary/aromatic N) is 2. The van der Waals surface area contributed by atoms with Crippen molar-refractivity contribution >= 4 is 6.09 Å². The molecule has 1 aromatic heterocycles. The maximum Gasteiger partial charge on any atom is 0.407 e. The number of rotatable bonds is 3. The lowest BCUT2D eigenvalue weighted by atomic mass is 9.90. The van der Waals surface area contributed by atoms with Crippen molar-refractivity contribution in [2.24, 2.45) is 0 Å². The molecule has 132 valence electrons. The van der Waals surface area contributed by atoms with Crippen molar-refractivity contribution in [1.29, 1.82) is 0 Å². The van der Waals surface area contributed by atoms with Gasteiger partial charge in [0.25, 0.3) is 0 Å². The summed E-state index contributed by atoms with van der Waals surface area (Å²) in [6, 6.07) is 6.11. The van der Waals surface area contributed by atoms with Gasteiger partial charge in [-0.3, -0.25) is 0 Å². The van der Waals surface area contributed by atoms with E-state index in [-0.39, 0.29) is 6.10 Å². The number of ether oxygens (including phenoxy) is 2. The summed E-state index contributed by atoms with van der Waals surface area (Å²) in [4.78, 5) is 20.1. The Morgan fingerprint density at radius 2 is 2.08 bits per heavy atom. The summed E-state index contributed by atoms with van der Waals surface area (Å²) in [5.74, 6) is 0. The summed E-state index contributed by atoms with van der Waals surface area (Å²) in [6.07, 6.45) is 5.34. The Morgan fingerprint density at radius 1 is 1.32 bits per heavy atom. The minimum Gasteiger partial charge on any atom is -0.444 e. The Kier molecular flexibility index (Phi) is 4.99. The first-order valence-electron chi connectivity index (χ1n) is 8.39. The minimum atomic E-state index is -0.518. The van der Waals surface area contributed by atoms with Crippen molar-refractivity contribution < 1.29 is 14.3 Å². The van der Waals surface area contributed by atoms with E-state index >= 15 is 0 Å². The van der Waals surface area contributed by atoms with Crippen LogP contribution in [0.2, 0.25) is 0 Å². The monoisotopic (exact) mass is 341 g/mol. The standard InChI is InChI=1S/C19H23N3O3/c1-19(2,3)25-18(23)22-11-17-16-6-4-5-14(15(16)7-8-24-17)13-9-20-12-21-10-13/h4-6,9-10,12,17H,7-8,11H2,1-3H3,(H,22,23)/t17-/m0/s1. The average Bonchev–Trinajstić information content (AvgIpc) is 2.58. The van der Waals surface area contributed by atoms with Gasteiger partial charge in [-0.05, 0) is 43.9 Å². The highest BCUT2D eigenvalue weighted by Crippen LogP contribution is 2.33. The van der Waals surface area contributed by atoms with Gasteiger partial charge in [-0.2, -0.15) is 0 Å². The molecule has 0 spiro atoms. The molecule has 6 nitrogen and oxygen atoms in total. The van der Waals surface area contributed by atoms with E-state index in [9.17, 15) is 4.79 Å². The van der Waals surface area contributed by atoms with Gasteiger partial charge in [-0.15, -0.1) is 0 Å². The Bertz CT molecular complexity index is 741.